The Kier molecular flexibility index (Phi) is 3.63. The standard InChI is InChI=1S/C11H12BrNO4S/c12-8-1-2-9-10(7-8)18(16,17)6-5-13(9)4-3-11(14)15/h1-2,7H,3-6H2,(H,14,15). The Hall–Kier alpha value is -1.08. The predicted molar refractivity (Wildman–Crippen MR) is 70.7 cm³/mol. The normalized spacial score (nSPS) is 17.3. The highest BCUT2D eigenvalue weighted by molar-refractivity contribution is 9.10. The molecule has 0 aromatic heterocycles. The molecular formula is C11H12BrNO4S. The molecule has 0 aliphatic carbocycles. The second kappa shape index (κ2) is 4.89. The van der Waals surface area contributed by atoms with E-state index in [-0.39, 0.29) is 17.1 Å². The molecule has 0 saturated carbocycles. The number of sulfone groups is 1. The van der Waals surface area contributed by atoms with Gasteiger partial charge < -0.3 is 10.0 Å². The quantitative estimate of drug-likeness (QED) is 0.907. The van der Waals surface area contributed by atoms with Crippen LogP contribution in [0.25, 0.3) is 0 Å². The van der Waals surface area contributed by atoms with Crippen molar-refractivity contribution < 1.29 is 18.3 Å². The summed E-state index contributed by atoms with van der Waals surface area (Å²) in [7, 11) is -3.26. The number of nitrogens with zero attached hydrogens (tertiary/aromatic N) is 1. The first kappa shape index (κ1) is 13.4. The second-order valence-corrected chi connectivity index (χ2v) is 7.05. The molecule has 5 nitrogen and oxygen atoms in total. The second-order valence-electron chi connectivity index (χ2n) is 4.06. The lowest BCUT2D eigenvalue weighted by atomic mass is 10.2. The molecular weight excluding hydrogens is 322 g/mol. The molecule has 0 atom stereocenters. The molecule has 18 heavy (non-hydrogen) atoms. The van der Waals surface area contributed by atoms with Crippen molar-refractivity contribution in [3.8, 4) is 0 Å². The van der Waals surface area contributed by atoms with E-state index >= 15 is 0 Å². The van der Waals surface area contributed by atoms with Crippen LogP contribution < -0.4 is 4.90 Å². The zero-order valence-corrected chi connectivity index (χ0v) is 11.9. The summed E-state index contributed by atoms with van der Waals surface area (Å²) in [4.78, 5) is 12.7. The van der Waals surface area contributed by atoms with Gasteiger partial charge in [-0.2, -0.15) is 0 Å². The van der Waals surface area contributed by atoms with E-state index in [1.54, 1.807) is 23.1 Å². The summed E-state index contributed by atoms with van der Waals surface area (Å²) in [6, 6.07) is 5.03. The van der Waals surface area contributed by atoms with Crippen molar-refractivity contribution in [1.82, 2.24) is 0 Å². The van der Waals surface area contributed by atoms with E-state index in [1.165, 1.54) is 0 Å². The van der Waals surface area contributed by atoms with Crippen molar-refractivity contribution >= 4 is 37.4 Å². The first-order chi connectivity index (χ1) is 8.40. The average molecular weight is 334 g/mol. The smallest absolute Gasteiger partial charge is 0.305 e. The lowest BCUT2D eigenvalue weighted by molar-refractivity contribution is -0.136. The summed E-state index contributed by atoms with van der Waals surface area (Å²) in [5, 5.41) is 8.69. The molecule has 0 amide bonds. The summed E-state index contributed by atoms with van der Waals surface area (Å²) in [6.45, 7) is 0.656. The van der Waals surface area contributed by atoms with Crippen LogP contribution in [0.4, 0.5) is 5.69 Å². The number of aliphatic carboxylic acids is 1. The van der Waals surface area contributed by atoms with Crippen molar-refractivity contribution in [3.05, 3.63) is 22.7 Å². The van der Waals surface area contributed by atoms with Gasteiger partial charge in [-0.25, -0.2) is 8.42 Å². The molecule has 1 aromatic carbocycles. The van der Waals surface area contributed by atoms with E-state index in [0.717, 1.165) is 0 Å². The number of carboxylic acids is 1. The fourth-order valence-corrected chi connectivity index (χ4v) is 3.94. The van der Waals surface area contributed by atoms with Crippen LogP contribution in [0.15, 0.2) is 27.6 Å². The van der Waals surface area contributed by atoms with Gasteiger partial charge in [0.05, 0.1) is 22.8 Å². The maximum atomic E-state index is 11.9. The minimum Gasteiger partial charge on any atom is -0.481 e. The molecule has 1 N–H and O–H groups in total. The maximum Gasteiger partial charge on any atom is 0.305 e. The molecule has 1 aliphatic heterocycles. The number of anilines is 1. The monoisotopic (exact) mass is 333 g/mol. The molecule has 0 spiro atoms. The molecule has 2 rings (SSSR count). The van der Waals surface area contributed by atoms with Crippen molar-refractivity contribution in [1.29, 1.82) is 0 Å². The topological polar surface area (TPSA) is 74.7 Å². The highest BCUT2D eigenvalue weighted by atomic mass is 79.9. The van der Waals surface area contributed by atoms with Crippen LogP contribution in [0.3, 0.4) is 0 Å². The Bertz CT molecular complexity index is 585. The lowest BCUT2D eigenvalue weighted by Crippen LogP contribution is -2.36. The molecule has 0 saturated heterocycles. The minimum absolute atomic E-state index is 0.00441. The Labute approximate surface area is 113 Å². The van der Waals surface area contributed by atoms with E-state index < -0.39 is 15.8 Å². The third-order valence-electron chi connectivity index (χ3n) is 2.82. The third-order valence-corrected chi connectivity index (χ3v) is 5.03. The number of hydrogen-bond acceptors (Lipinski definition) is 4. The molecule has 0 radical (unpaired) electrons. The fourth-order valence-electron chi connectivity index (χ4n) is 1.92. The third kappa shape index (κ3) is 2.67. The zero-order chi connectivity index (χ0) is 13.3. The van der Waals surface area contributed by atoms with Gasteiger partial charge in [0.2, 0.25) is 0 Å². The van der Waals surface area contributed by atoms with E-state index in [0.29, 0.717) is 23.2 Å². The molecule has 1 aliphatic rings. The number of fused-ring (bicyclic) bond motifs is 1. The molecule has 0 fully saturated rings. The lowest BCUT2D eigenvalue weighted by Gasteiger charge is -2.30. The zero-order valence-electron chi connectivity index (χ0n) is 9.47. The van der Waals surface area contributed by atoms with Gasteiger partial charge in [0, 0.05) is 17.6 Å². The number of benzene rings is 1. The molecule has 98 valence electrons. The SMILES string of the molecule is O=C(O)CCN1CCS(=O)(=O)c2cc(Br)ccc21. The van der Waals surface area contributed by atoms with Gasteiger partial charge in [0.25, 0.3) is 0 Å². The number of carbonyl (C=O) groups is 1. The van der Waals surface area contributed by atoms with Gasteiger partial charge in [0.1, 0.15) is 0 Å². The van der Waals surface area contributed by atoms with Crippen LogP contribution in [0.2, 0.25) is 0 Å². The highest BCUT2D eigenvalue weighted by Crippen LogP contribution is 2.32. The van der Waals surface area contributed by atoms with Crippen LogP contribution in [0, 0.1) is 0 Å². The first-order valence-corrected chi connectivity index (χ1v) is 7.84. The summed E-state index contributed by atoms with van der Waals surface area (Å²) in [5.74, 6) is -0.863. The predicted octanol–water partition coefficient (Wildman–Crippen LogP) is 1.52. The van der Waals surface area contributed by atoms with Gasteiger partial charge in [-0.05, 0) is 18.2 Å². The van der Waals surface area contributed by atoms with Crippen LogP contribution in [0.1, 0.15) is 6.42 Å². The molecule has 1 aromatic rings. The number of halogens is 1. The molecule has 1 heterocycles. The highest BCUT2D eigenvalue weighted by Gasteiger charge is 2.28. The Morgan fingerprint density at radius 3 is 2.83 bits per heavy atom. The van der Waals surface area contributed by atoms with Gasteiger partial charge >= 0.3 is 5.97 Å². The van der Waals surface area contributed by atoms with Crippen LogP contribution in [-0.2, 0) is 14.6 Å². The maximum absolute atomic E-state index is 11.9. The summed E-state index contributed by atoms with van der Waals surface area (Å²) in [6.07, 6.45) is -0.00441. The van der Waals surface area contributed by atoms with E-state index in [9.17, 15) is 13.2 Å². The van der Waals surface area contributed by atoms with Crippen LogP contribution in [0.5, 0.6) is 0 Å². The molecule has 0 bridgehead atoms. The van der Waals surface area contributed by atoms with Crippen LogP contribution in [-0.4, -0.2) is 38.3 Å². The van der Waals surface area contributed by atoms with Gasteiger partial charge in [0.15, 0.2) is 9.84 Å². The summed E-state index contributed by atoms with van der Waals surface area (Å²) < 4.78 is 24.6. The minimum atomic E-state index is -3.26. The average Bonchev–Trinajstić information content (AvgIpc) is 2.28. The van der Waals surface area contributed by atoms with Gasteiger partial charge in [-0.1, -0.05) is 15.9 Å². The van der Waals surface area contributed by atoms with Gasteiger partial charge in [-0.15, -0.1) is 0 Å². The van der Waals surface area contributed by atoms with Crippen molar-refractivity contribution in [2.24, 2.45) is 0 Å². The Morgan fingerprint density at radius 1 is 1.44 bits per heavy atom. The number of hydrogen-bond donors (Lipinski definition) is 1. The van der Waals surface area contributed by atoms with E-state index in [2.05, 4.69) is 15.9 Å². The first-order valence-electron chi connectivity index (χ1n) is 5.39. The largest absolute Gasteiger partial charge is 0.481 e. The van der Waals surface area contributed by atoms with Gasteiger partial charge in [-0.3, -0.25) is 4.79 Å². The Morgan fingerprint density at radius 2 is 2.17 bits per heavy atom. The molecule has 0 unspecified atom stereocenters. The Balaban J connectivity index is 2.37. The summed E-state index contributed by atoms with van der Waals surface area (Å²) >= 11 is 3.25. The van der Waals surface area contributed by atoms with Crippen molar-refractivity contribution in [3.63, 3.8) is 0 Å². The molecule has 7 heteroatoms. The van der Waals surface area contributed by atoms with Crippen LogP contribution >= 0.6 is 15.9 Å². The van der Waals surface area contributed by atoms with Crippen molar-refractivity contribution in [2.45, 2.75) is 11.3 Å². The number of rotatable bonds is 3. The van der Waals surface area contributed by atoms with E-state index in [1.807, 2.05) is 0 Å². The summed E-state index contributed by atoms with van der Waals surface area (Å²) in [5.41, 5.74) is 0.589. The van der Waals surface area contributed by atoms with Crippen molar-refractivity contribution in [2.75, 3.05) is 23.7 Å². The number of carboxylic acid groups (broad SMARTS) is 1. The fraction of sp³-hybridized carbons (Fsp3) is 0.364. The van der Waals surface area contributed by atoms with E-state index in [4.69, 9.17) is 5.11 Å².